The normalized spacial score (nSPS) is 18.4. The summed E-state index contributed by atoms with van der Waals surface area (Å²) in [7, 11) is 0. The fourth-order valence-corrected chi connectivity index (χ4v) is 3.37. The predicted octanol–water partition coefficient (Wildman–Crippen LogP) is 4.15. The van der Waals surface area contributed by atoms with Crippen LogP contribution in [0.4, 0.5) is 0 Å². The molecule has 18 heavy (non-hydrogen) atoms. The Hall–Kier alpha value is -0.820. The highest BCUT2D eigenvalue weighted by atomic mass is 15.1. The molecule has 1 nitrogen and oxygen atoms in total. The highest BCUT2D eigenvalue weighted by Gasteiger charge is 2.36. The van der Waals surface area contributed by atoms with Crippen LogP contribution in [0.5, 0.6) is 0 Å². The van der Waals surface area contributed by atoms with E-state index < -0.39 is 0 Å². The van der Waals surface area contributed by atoms with Gasteiger partial charge in [0.15, 0.2) is 0 Å². The first-order valence-electron chi connectivity index (χ1n) is 7.49. The van der Waals surface area contributed by atoms with Crippen LogP contribution >= 0.6 is 0 Å². The van der Waals surface area contributed by atoms with E-state index in [0.717, 1.165) is 0 Å². The van der Waals surface area contributed by atoms with Crippen molar-refractivity contribution in [3.63, 3.8) is 0 Å². The van der Waals surface area contributed by atoms with E-state index in [1.807, 2.05) is 0 Å². The van der Waals surface area contributed by atoms with Crippen molar-refractivity contribution < 1.29 is 0 Å². The SMILES string of the molecule is CCN(CC)CC1(c2ccc(C)cc2)CCCC1. The number of likely N-dealkylation sites (N-methyl/N-ethyl adjacent to an activating group) is 1. The van der Waals surface area contributed by atoms with Gasteiger partial charge in [0.25, 0.3) is 0 Å². The minimum absolute atomic E-state index is 0.430. The van der Waals surface area contributed by atoms with Gasteiger partial charge < -0.3 is 4.90 Å². The third-order valence-electron chi connectivity index (χ3n) is 4.65. The number of hydrogen-bond acceptors (Lipinski definition) is 1. The largest absolute Gasteiger partial charge is 0.303 e. The quantitative estimate of drug-likeness (QED) is 0.753. The standard InChI is InChI=1S/C17H27N/c1-4-18(5-2)14-17(12-6-7-13-17)16-10-8-15(3)9-11-16/h8-11H,4-7,12-14H2,1-3H3. The third kappa shape index (κ3) is 2.77. The van der Waals surface area contributed by atoms with Gasteiger partial charge in [-0.25, -0.2) is 0 Å². The van der Waals surface area contributed by atoms with E-state index in [2.05, 4.69) is 49.9 Å². The van der Waals surface area contributed by atoms with Crippen LogP contribution in [-0.2, 0) is 5.41 Å². The van der Waals surface area contributed by atoms with Crippen molar-refractivity contribution in [1.82, 2.24) is 4.90 Å². The van der Waals surface area contributed by atoms with E-state index in [1.165, 1.54) is 50.9 Å². The van der Waals surface area contributed by atoms with Crippen LogP contribution < -0.4 is 0 Å². The maximum absolute atomic E-state index is 2.59. The highest BCUT2D eigenvalue weighted by molar-refractivity contribution is 5.30. The molecule has 0 saturated heterocycles. The van der Waals surface area contributed by atoms with Crippen molar-refractivity contribution >= 4 is 0 Å². The lowest BCUT2D eigenvalue weighted by molar-refractivity contribution is 0.224. The van der Waals surface area contributed by atoms with E-state index in [0.29, 0.717) is 5.41 Å². The molecule has 1 aliphatic rings. The Balaban J connectivity index is 2.23. The van der Waals surface area contributed by atoms with E-state index in [1.54, 1.807) is 5.56 Å². The first kappa shape index (κ1) is 13.6. The summed E-state index contributed by atoms with van der Waals surface area (Å²) in [5.74, 6) is 0. The molecule has 1 aromatic rings. The molecule has 100 valence electrons. The van der Waals surface area contributed by atoms with Crippen LogP contribution in [0.2, 0.25) is 0 Å². The van der Waals surface area contributed by atoms with Gasteiger partial charge in [0.1, 0.15) is 0 Å². The van der Waals surface area contributed by atoms with Gasteiger partial charge in [-0.05, 0) is 38.4 Å². The first-order valence-corrected chi connectivity index (χ1v) is 7.49. The van der Waals surface area contributed by atoms with Crippen molar-refractivity contribution in [2.24, 2.45) is 0 Å². The molecule has 0 bridgehead atoms. The minimum atomic E-state index is 0.430. The molecule has 1 aromatic carbocycles. The van der Waals surface area contributed by atoms with Crippen molar-refractivity contribution in [2.75, 3.05) is 19.6 Å². The van der Waals surface area contributed by atoms with Gasteiger partial charge in [0.2, 0.25) is 0 Å². The van der Waals surface area contributed by atoms with Crippen molar-refractivity contribution in [1.29, 1.82) is 0 Å². The summed E-state index contributed by atoms with van der Waals surface area (Å²) in [6, 6.07) is 9.28. The maximum atomic E-state index is 2.59. The van der Waals surface area contributed by atoms with Crippen LogP contribution in [0.25, 0.3) is 0 Å². The smallest absolute Gasteiger partial charge is 0.00803 e. The Kier molecular flexibility index (Phi) is 4.45. The molecule has 1 fully saturated rings. The van der Waals surface area contributed by atoms with Gasteiger partial charge in [0.05, 0.1) is 0 Å². The number of rotatable bonds is 5. The first-order chi connectivity index (χ1) is 8.70. The van der Waals surface area contributed by atoms with Gasteiger partial charge in [-0.2, -0.15) is 0 Å². The Labute approximate surface area is 112 Å². The molecule has 2 rings (SSSR count). The summed E-state index contributed by atoms with van der Waals surface area (Å²) in [5, 5.41) is 0. The van der Waals surface area contributed by atoms with Gasteiger partial charge in [-0.3, -0.25) is 0 Å². The summed E-state index contributed by atoms with van der Waals surface area (Å²) in [4.78, 5) is 2.59. The number of hydrogen-bond donors (Lipinski definition) is 0. The molecule has 0 unspecified atom stereocenters. The monoisotopic (exact) mass is 245 g/mol. The summed E-state index contributed by atoms with van der Waals surface area (Å²) in [6.07, 6.45) is 5.53. The average Bonchev–Trinajstić information content (AvgIpc) is 2.86. The maximum Gasteiger partial charge on any atom is 0.00803 e. The molecular weight excluding hydrogens is 218 g/mol. The zero-order chi connectivity index (χ0) is 13.0. The number of nitrogens with zero attached hydrogens (tertiary/aromatic N) is 1. The molecule has 1 saturated carbocycles. The molecule has 0 aromatic heterocycles. The minimum Gasteiger partial charge on any atom is -0.303 e. The van der Waals surface area contributed by atoms with Gasteiger partial charge in [-0.15, -0.1) is 0 Å². The fourth-order valence-electron chi connectivity index (χ4n) is 3.37. The zero-order valence-electron chi connectivity index (χ0n) is 12.2. The fraction of sp³-hybridized carbons (Fsp3) is 0.647. The van der Waals surface area contributed by atoms with E-state index in [-0.39, 0.29) is 0 Å². The molecule has 0 N–H and O–H groups in total. The van der Waals surface area contributed by atoms with Gasteiger partial charge in [-0.1, -0.05) is 56.5 Å². The molecule has 0 amide bonds. The lowest BCUT2D eigenvalue weighted by Crippen LogP contribution is -2.39. The van der Waals surface area contributed by atoms with Crippen molar-refractivity contribution in [3.8, 4) is 0 Å². The van der Waals surface area contributed by atoms with Crippen LogP contribution in [-0.4, -0.2) is 24.5 Å². The van der Waals surface area contributed by atoms with Crippen LogP contribution in [0, 0.1) is 6.92 Å². The van der Waals surface area contributed by atoms with E-state index in [9.17, 15) is 0 Å². The zero-order valence-corrected chi connectivity index (χ0v) is 12.2. The van der Waals surface area contributed by atoms with Gasteiger partial charge in [0, 0.05) is 12.0 Å². The van der Waals surface area contributed by atoms with Crippen LogP contribution in [0.15, 0.2) is 24.3 Å². The van der Waals surface area contributed by atoms with Crippen molar-refractivity contribution in [3.05, 3.63) is 35.4 Å². The third-order valence-corrected chi connectivity index (χ3v) is 4.65. The van der Waals surface area contributed by atoms with Gasteiger partial charge >= 0.3 is 0 Å². The molecular formula is C17H27N. The number of aryl methyl sites for hydroxylation is 1. The Bertz CT molecular complexity index is 356. The topological polar surface area (TPSA) is 3.24 Å². The second-order valence-electron chi connectivity index (χ2n) is 5.81. The molecule has 1 aliphatic carbocycles. The summed E-state index contributed by atoms with van der Waals surface area (Å²) in [5.41, 5.74) is 3.37. The number of benzene rings is 1. The second-order valence-corrected chi connectivity index (χ2v) is 5.81. The summed E-state index contributed by atoms with van der Waals surface area (Å²) >= 11 is 0. The van der Waals surface area contributed by atoms with E-state index in [4.69, 9.17) is 0 Å². The lowest BCUT2D eigenvalue weighted by Gasteiger charge is -2.35. The predicted molar refractivity (Wildman–Crippen MR) is 79.1 cm³/mol. The molecule has 0 heterocycles. The Morgan fingerprint density at radius 1 is 1.00 bits per heavy atom. The molecule has 0 radical (unpaired) electrons. The average molecular weight is 245 g/mol. The molecule has 0 aliphatic heterocycles. The summed E-state index contributed by atoms with van der Waals surface area (Å²) in [6.45, 7) is 10.3. The molecule has 1 heteroatoms. The molecule has 0 atom stereocenters. The summed E-state index contributed by atoms with van der Waals surface area (Å²) < 4.78 is 0. The highest BCUT2D eigenvalue weighted by Crippen LogP contribution is 2.41. The van der Waals surface area contributed by atoms with Crippen LogP contribution in [0.3, 0.4) is 0 Å². The lowest BCUT2D eigenvalue weighted by atomic mass is 9.78. The Morgan fingerprint density at radius 2 is 1.56 bits per heavy atom. The van der Waals surface area contributed by atoms with Crippen molar-refractivity contribution in [2.45, 2.75) is 51.9 Å². The second kappa shape index (κ2) is 5.88. The van der Waals surface area contributed by atoms with Crippen LogP contribution in [0.1, 0.15) is 50.7 Å². The molecule has 0 spiro atoms. The van der Waals surface area contributed by atoms with E-state index >= 15 is 0 Å². The Morgan fingerprint density at radius 3 is 2.06 bits per heavy atom.